The van der Waals surface area contributed by atoms with E-state index in [0.29, 0.717) is 5.56 Å². The van der Waals surface area contributed by atoms with Gasteiger partial charge in [-0.1, -0.05) is 60.7 Å². The molecule has 4 rings (SSSR count). The number of imide groups is 1. The quantitative estimate of drug-likeness (QED) is 0.310. The van der Waals surface area contributed by atoms with Crippen molar-refractivity contribution in [2.24, 2.45) is 0 Å². The summed E-state index contributed by atoms with van der Waals surface area (Å²) in [5.74, 6) is -0.370. The smallest absolute Gasteiger partial charge is 0.268 e. The SMILES string of the molecule is O=C1S/C(=C\C=C\c2ccccc2[N+](=O)[O-])C(=O)N1Cc1cccc2ccccc12. The van der Waals surface area contributed by atoms with Crippen LogP contribution < -0.4 is 0 Å². The van der Waals surface area contributed by atoms with Crippen LogP contribution in [0.15, 0.2) is 83.8 Å². The van der Waals surface area contributed by atoms with Crippen LogP contribution in [0.1, 0.15) is 11.1 Å². The van der Waals surface area contributed by atoms with Crippen molar-refractivity contribution in [3.05, 3.63) is 105 Å². The van der Waals surface area contributed by atoms with Gasteiger partial charge in [0, 0.05) is 6.07 Å². The molecule has 6 nitrogen and oxygen atoms in total. The molecule has 1 heterocycles. The lowest BCUT2D eigenvalue weighted by Gasteiger charge is -2.14. The monoisotopic (exact) mass is 416 g/mol. The molecule has 0 N–H and O–H groups in total. The average molecular weight is 416 g/mol. The van der Waals surface area contributed by atoms with Crippen LogP contribution in [-0.2, 0) is 11.3 Å². The van der Waals surface area contributed by atoms with Gasteiger partial charge in [0.1, 0.15) is 0 Å². The summed E-state index contributed by atoms with van der Waals surface area (Å²) in [6, 6.07) is 19.9. The van der Waals surface area contributed by atoms with Crippen molar-refractivity contribution in [2.75, 3.05) is 0 Å². The Morgan fingerprint density at radius 1 is 0.967 bits per heavy atom. The molecule has 1 aliphatic rings. The zero-order valence-electron chi connectivity index (χ0n) is 15.7. The van der Waals surface area contributed by atoms with Crippen LogP contribution in [0.4, 0.5) is 10.5 Å². The van der Waals surface area contributed by atoms with Crippen LogP contribution in [-0.4, -0.2) is 21.0 Å². The fourth-order valence-electron chi connectivity index (χ4n) is 3.29. The van der Waals surface area contributed by atoms with E-state index in [2.05, 4.69) is 0 Å². The molecule has 0 unspecified atom stereocenters. The van der Waals surface area contributed by atoms with Gasteiger partial charge in [-0.3, -0.25) is 24.6 Å². The molecule has 0 spiro atoms. The van der Waals surface area contributed by atoms with Gasteiger partial charge < -0.3 is 0 Å². The molecule has 0 atom stereocenters. The number of hydrogen-bond donors (Lipinski definition) is 0. The molecular weight excluding hydrogens is 400 g/mol. The molecule has 3 aromatic carbocycles. The number of allylic oxidation sites excluding steroid dienone is 2. The van der Waals surface area contributed by atoms with E-state index in [1.54, 1.807) is 30.4 Å². The van der Waals surface area contributed by atoms with Crippen LogP contribution in [0, 0.1) is 10.1 Å². The van der Waals surface area contributed by atoms with Gasteiger partial charge >= 0.3 is 0 Å². The number of amides is 2. The van der Waals surface area contributed by atoms with Crippen molar-refractivity contribution >= 4 is 45.4 Å². The molecule has 1 saturated heterocycles. The summed E-state index contributed by atoms with van der Waals surface area (Å²) in [6.07, 6.45) is 4.62. The van der Waals surface area contributed by atoms with Gasteiger partial charge in [0.25, 0.3) is 16.8 Å². The zero-order valence-corrected chi connectivity index (χ0v) is 16.5. The second-order valence-electron chi connectivity index (χ2n) is 6.60. The molecule has 3 aromatic rings. The van der Waals surface area contributed by atoms with Gasteiger partial charge in [-0.15, -0.1) is 0 Å². The van der Waals surface area contributed by atoms with E-state index in [9.17, 15) is 19.7 Å². The Kier molecular flexibility index (Phi) is 5.45. The van der Waals surface area contributed by atoms with Gasteiger partial charge in [-0.2, -0.15) is 0 Å². The van der Waals surface area contributed by atoms with Crippen LogP contribution in [0.3, 0.4) is 0 Å². The second-order valence-corrected chi connectivity index (χ2v) is 7.60. The Balaban J connectivity index is 1.55. The number of nitro groups is 1. The first kappa shape index (κ1) is 19.6. The Hall–Kier alpha value is -3.71. The highest BCUT2D eigenvalue weighted by atomic mass is 32.2. The van der Waals surface area contributed by atoms with Crippen LogP contribution >= 0.6 is 11.8 Å². The van der Waals surface area contributed by atoms with Crippen molar-refractivity contribution < 1.29 is 14.5 Å². The van der Waals surface area contributed by atoms with E-state index >= 15 is 0 Å². The van der Waals surface area contributed by atoms with Crippen molar-refractivity contribution in [2.45, 2.75) is 6.54 Å². The van der Waals surface area contributed by atoms with E-state index in [1.165, 1.54) is 17.0 Å². The van der Waals surface area contributed by atoms with Gasteiger partial charge in [-0.05, 0) is 46.3 Å². The van der Waals surface area contributed by atoms with Crippen LogP contribution in [0.5, 0.6) is 0 Å². The standard InChI is InChI=1S/C23H16N2O4S/c26-22-21(14-6-10-17-8-2-4-13-20(17)25(28)29)30-23(27)24(22)15-18-11-5-9-16-7-1-3-12-19(16)18/h1-14H,15H2/b10-6+,21-14-. The maximum Gasteiger partial charge on any atom is 0.293 e. The molecule has 148 valence electrons. The molecule has 0 radical (unpaired) electrons. The Labute approximate surface area is 176 Å². The van der Waals surface area contributed by atoms with E-state index < -0.39 is 4.92 Å². The number of nitro benzene ring substituents is 1. The summed E-state index contributed by atoms with van der Waals surface area (Å²) in [4.78, 5) is 37.3. The maximum atomic E-state index is 12.7. The number of benzene rings is 3. The van der Waals surface area contributed by atoms with Gasteiger partial charge in [0.2, 0.25) is 0 Å². The van der Waals surface area contributed by atoms with Crippen LogP contribution in [0.25, 0.3) is 16.8 Å². The first-order valence-electron chi connectivity index (χ1n) is 9.16. The van der Waals surface area contributed by atoms with Crippen molar-refractivity contribution in [3.63, 3.8) is 0 Å². The minimum atomic E-state index is -0.461. The largest absolute Gasteiger partial charge is 0.293 e. The average Bonchev–Trinajstić information content (AvgIpc) is 3.02. The summed E-state index contributed by atoms with van der Waals surface area (Å²) < 4.78 is 0. The highest BCUT2D eigenvalue weighted by Gasteiger charge is 2.34. The lowest BCUT2D eigenvalue weighted by Crippen LogP contribution is -2.27. The number of fused-ring (bicyclic) bond motifs is 1. The lowest BCUT2D eigenvalue weighted by molar-refractivity contribution is -0.385. The zero-order chi connectivity index (χ0) is 21.1. The second kappa shape index (κ2) is 8.34. The van der Waals surface area contributed by atoms with Crippen molar-refractivity contribution in [1.82, 2.24) is 4.90 Å². The van der Waals surface area contributed by atoms with E-state index in [4.69, 9.17) is 0 Å². The molecule has 0 aliphatic carbocycles. The van der Waals surface area contributed by atoms with Crippen LogP contribution in [0.2, 0.25) is 0 Å². The molecular formula is C23H16N2O4S. The fourth-order valence-corrected chi connectivity index (χ4v) is 4.07. The maximum absolute atomic E-state index is 12.7. The normalized spacial score (nSPS) is 15.6. The fraction of sp³-hybridized carbons (Fsp3) is 0.0435. The molecule has 7 heteroatoms. The number of carbonyl (C=O) groups excluding carboxylic acids is 2. The summed E-state index contributed by atoms with van der Waals surface area (Å²) in [5, 5.41) is 12.8. The minimum absolute atomic E-state index is 0.0220. The van der Waals surface area contributed by atoms with Gasteiger partial charge in [0.05, 0.1) is 21.9 Å². The van der Waals surface area contributed by atoms with Crippen molar-refractivity contribution in [1.29, 1.82) is 0 Å². The lowest BCUT2D eigenvalue weighted by atomic mass is 10.0. The topological polar surface area (TPSA) is 80.5 Å². The Morgan fingerprint density at radius 2 is 1.70 bits per heavy atom. The third-order valence-electron chi connectivity index (χ3n) is 4.74. The molecule has 0 bridgehead atoms. The highest BCUT2D eigenvalue weighted by Crippen LogP contribution is 2.33. The molecule has 2 amide bonds. The van der Waals surface area contributed by atoms with E-state index in [1.807, 2.05) is 42.5 Å². The third-order valence-corrected chi connectivity index (χ3v) is 5.66. The highest BCUT2D eigenvalue weighted by molar-refractivity contribution is 8.18. The van der Waals surface area contributed by atoms with Gasteiger partial charge in [0.15, 0.2) is 0 Å². The molecule has 1 fully saturated rings. The Morgan fingerprint density at radius 3 is 2.53 bits per heavy atom. The number of rotatable bonds is 5. The number of carbonyl (C=O) groups is 2. The minimum Gasteiger partial charge on any atom is -0.268 e. The third kappa shape index (κ3) is 3.88. The van der Waals surface area contributed by atoms with Gasteiger partial charge in [-0.25, -0.2) is 0 Å². The predicted molar refractivity (Wildman–Crippen MR) is 118 cm³/mol. The first-order valence-corrected chi connectivity index (χ1v) is 9.98. The van der Waals surface area contributed by atoms with E-state index in [0.717, 1.165) is 28.1 Å². The predicted octanol–water partition coefficient (Wildman–Crippen LogP) is 5.54. The summed E-state index contributed by atoms with van der Waals surface area (Å²) in [7, 11) is 0. The summed E-state index contributed by atoms with van der Waals surface area (Å²) in [6.45, 7) is 0.192. The van der Waals surface area contributed by atoms with Crippen molar-refractivity contribution in [3.8, 4) is 0 Å². The number of para-hydroxylation sites is 1. The Bertz CT molecular complexity index is 1230. The molecule has 1 aliphatic heterocycles. The summed E-state index contributed by atoms with van der Waals surface area (Å²) >= 11 is 0.865. The number of nitrogens with zero attached hydrogens (tertiary/aromatic N) is 2. The number of hydrogen-bond acceptors (Lipinski definition) is 5. The van der Waals surface area contributed by atoms with E-state index in [-0.39, 0.29) is 28.3 Å². The summed E-state index contributed by atoms with van der Waals surface area (Å²) in [5.41, 5.74) is 1.30. The first-order chi connectivity index (χ1) is 14.5. The number of thioether (sulfide) groups is 1. The molecule has 0 saturated carbocycles. The molecule has 0 aromatic heterocycles. The molecule has 30 heavy (non-hydrogen) atoms.